The number of halogens is 1. The molecule has 1 heterocycles. The van der Waals surface area contributed by atoms with Crippen molar-refractivity contribution in [2.45, 2.75) is 19.9 Å². The first-order chi connectivity index (χ1) is 12.7. The molecule has 2 aromatic carbocycles. The van der Waals surface area contributed by atoms with Gasteiger partial charge in [0.05, 0.1) is 25.5 Å². The normalized spacial score (nSPS) is 11.0. The number of hydrogen-bond acceptors (Lipinski definition) is 4. The average Bonchev–Trinajstić information content (AvgIpc) is 3.15. The monoisotopic (exact) mass is 478 g/mol. The number of guanidine groups is 1. The van der Waals surface area contributed by atoms with Crippen LogP contribution in [0.3, 0.4) is 0 Å². The van der Waals surface area contributed by atoms with E-state index in [1.807, 2.05) is 42.6 Å². The number of hydrogen-bond donors (Lipinski definition) is 2. The van der Waals surface area contributed by atoms with Gasteiger partial charge >= 0.3 is 0 Å². The Morgan fingerprint density at radius 2 is 2.00 bits per heavy atom. The predicted octanol–water partition coefficient (Wildman–Crippen LogP) is 3.38. The molecule has 0 unspecified atom stereocenters. The van der Waals surface area contributed by atoms with Crippen molar-refractivity contribution in [1.82, 2.24) is 15.0 Å². The van der Waals surface area contributed by atoms with Crippen molar-refractivity contribution in [2.24, 2.45) is 10.7 Å². The van der Waals surface area contributed by atoms with Gasteiger partial charge in [0.15, 0.2) is 5.96 Å². The van der Waals surface area contributed by atoms with E-state index in [9.17, 15) is 0 Å². The molecule has 1 aromatic heterocycles. The summed E-state index contributed by atoms with van der Waals surface area (Å²) >= 11 is 0. The van der Waals surface area contributed by atoms with Gasteiger partial charge in [0.25, 0.3) is 0 Å². The maximum absolute atomic E-state index is 5.96. The number of nitrogens with one attached hydrogen (secondary N) is 1. The van der Waals surface area contributed by atoms with Crippen LogP contribution in [0.15, 0.2) is 59.7 Å². The van der Waals surface area contributed by atoms with Crippen LogP contribution in [0.2, 0.25) is 0 Å². The molecule has 0 saturated carbocycles. The van der Waals surface area contributed by atoms with Crippen LogP contribution in [0.1, 0.15) is 18.2 Å². The van der Waals surface area contributed by atoms with Crippen LogP contribution in [-0.2, 0) is 13.0 Å². The molecule has 0 fully saturated rings. The summed E-state index contributed by atoms with van der Waals surface area (Å²) in [5, 5.41) is 11.4. The number of benzene rings is 2. The molecule has 0 aliphatic heterocycles. The molecule has 0 atom stereocenters. The first kappa shape index (κ1) is 20.7. The molecule has 0 spiro atoms. The third-order valence-electron chi connectivity index (χ3n) is 3.90. The number of rotatable bonds is 6. The summed E-state index contributed by atoms with van der Waals surface area (Å²) in [4.78, 5) is 4.33. The molecular formula is C19H23IN6O. The second-order valence-corrected chi connectivity index (χ2v) is 5.73. The number of methoxy groups -OCH3 is 1. The van der Waals surface area contributed by atoms with Crippen molar-refractivity contribution in [3.8, 4) is 11.4 Å². The number of aliphatic imine (C=N–C) groups is 1. The van der Waals surface area contributed by atoms with Gasteiger partial charge in [0.1, 0.15) is 11.4 Å². The maximum atomic E-state index is 5.96. The second-order valence-electron chi connectivity index (χ2n) is 5.73. The molecule has 142 valence electrons. The lowest BCUT2D eigenvalue weighted by atomic mass is 10.1. The van der Waals surface area contributed by atoms with E-state index >= 15 is 0 Å². The van der Waals surface area contributed by atoms with E-state index in [4.69, 9.17) is 10.5 Å². The summed E-state index contributed by atoms with van der Waals surface area (Å²) in [5.41, 5.74) is 9.76. The van der Waals surface area contributed by atoms with Crippen LogP contribution in [0.25, 0.3) is 5.69 Å². The van der Waals surface area contributed by atoms with Crippen LogP contribution in [0.5, 0.6) is 5.75 Å². The Morgan fingerprint density at radius 1 is 1.22 bits per heavy atom. The van der Waals surface area contributed by atoms with E-state index < -0.39 is 0 Å². The van der Waals surface area contributed by atoms with Gasteiger partial charge in [-0.1, -0.05) is 24.3 Å². The van der Waals surface area contributed by atoms with Gasteiger partial charge in [-0.25, -0.2) is 9.67 Å². The van der Waals surface area contributed by atoms with Crippen LogP contribution in [0, 0.1) is 0 Å². The molecule has 3 aromatic rings. The second kappa shape index (κ2) is 9.91. The van der Waals surface area contributed by atoms with Crippen molar-refractivity contribution in [3.63, 3.8) is 0 Å². The quantitative estimate of drug-likeness (QED) is 0.322. The van der Waals surface area contributed by atoms with Gasteiger partial charge in [-0.15, -0.1) is 29.1 Å². The number of nitrogens with two attached hydrogens (primary N) is 1. The highest BCUT2D eigenvalue weighted by Crippen LogP contribution is 2.14. The van der Waals surface area contributed by atoms with E-state index in [0.717, 1.165) is 29.2 Å². The molecular weight excluding hydrogens is 455 g/mol. The van der Waals surface area contributed by atoms with Gasteiger partial charge in [-0.2, -0.15) is 0 Å². The maximum Gasteiger partial charge on any atom is 0.193 e. The molecule has 0 aliphatic carbocycles. The summed E-state index contributed by atoms with van der Waals surface area (Å²) < 4.78 is 6.85. The summed E-state index contributed by atoms with van der Waals surface area (Å²) in [6.45, 7) is 2.46. The fourth-order valence-electron chi connectivity index (χ4n) is 2.45. The fourth-order valence-corrected chi connectivity index (χ4v) is 2.45. The lowest BCUT2D eigenvalue weighted by Crippen LogP contribution is -2.22. The molecule has 0 aliphatic rings. The van der Waals surface area contributed by atoms with Gasteiger partial charge in [0.2, 0.25) is 0 Å². The largest absolute Gasteiger partial charge is 0.497 e. The molecule has 0 amide bonds. The molecule has 3 N–H and O–H groups in total. The molecule has 0 radical (unpaired) electrons. The van der Waals surface area contributed by atoms with Crippen LogP contribution in [-0.4, -0.2) is 28.1 Å². The van der Waals surface area contributed by atoms with Crippen LogP contribution < -0.4 is 15.8 Å². The SMILES string of the molecule is CCc1cccc(NC(N)=NCc2cn(-c3ccc(OC)cc3)nn2)c1.I. The predicted molar refractivity (Wildman–Crippen MR) is 118 cm³/mol. The van der Waals surface area contributed by atoms with Crippen molar-refractivity contribution in [1.29, 1.82) is 0 Å². The van der Waals surface area contributed by atoms with Crippen LogP contribution >= 0.6 is 24.0 Å². The number of anilines is 1. The fraction of sp³-hybridized carbons (Fsp3) is 0.211. The van der Waals surface area contributed by atoms with Crippen molar-refractivity contribution in [2.75, 3.05) is 12.4 Å². The topological polar surface area (TPSA) is 90.3 Å². The van der Waals surface area contributed by atoms with E-state index in [2.05, 4.69) is 39.7 Å². The van der Waals surface area contributed by atoms with Crippen molar-refractivity contribution >= 4 is 35.6 Å². The number of ether oxygens (including phenoxy) is 1. The van der Waals surface area contributed by atoms with Crippen molar-refractivity contribution in [3.05, 3.63) is 66.0 Å². The zero-order chi connectivity index (χ0) is 18.4. The molecule has 3 rings (SSSR count). The molecule has 0 bridgehead atoms. The molecule has 7 nitrogen and oxygen atoms in total. The Morgan fingerprint density at radius 3 is 2.70 bits per heavy atom. The Kier molecular flexibility index (Phi) is 7.59. The zero-order valence-corrected chi connectivity index (χ0v) is 17.6. The van der Waals surface area contributed by atoms with Gasteiger partial charge in [-0.3, -0.25) is 0 Å². The summed E-state index contributed by atoms with van der Waals surface area (Å²) in [6.07, 6.45) is 2.80. The Hall–Kier alpha value is -2.62. The third-order valence-corrected chi connectivity index (χ3v) is 3.90. The van der Waals surface area contributed by atoms with Gasteiger partial charge in [0, 0.05) is 5.69 Å². The minimum Gasteiger partial charge on any atom is -0.497 e. The number of aryl methyl sites for hydroxylation is 1. The standard InChI is InChI=1S/C19H22N6O.HI/c1-3-14-5-4-6-15(11-14)22-19(20)21-12-16-13-25(24-23-16)17-7-9-18(26-2)10-8-17;/h4-11,13H,3,12H2,1-2H3,(H3,20,21,22);1H. The molecule has 27 heavy (non-hydrogen) atoms. The highest BCUT2D eigenvalue weighted by Gasteiger charge is 2.03. The average molecular weight is 478 g/mol. The number of nitrogens with zero attached hydrogens (tertiary/aromatic N) is 4. The Bertz CT molecular complexity index is 891. The summed E-state index contributed by atoms with van der Waals surface area (Å²) in [7, 11) is 1.64. The third kappa shape index (κ3) is 5.68. The Balaban J connectivity index is 0.00000261. The first-order valence-corrected chi connectivity index (χ1v) is 8.39. The highest BCUT2D eigenvalue weighted by molar-refractivity contribution is 14.0. The van der Waals surface area contributed by atoms with E-state index in [-0.39, 0.29) is 24.0 Å². The number of aromatic nitrogens is 3. The lowest BCUT2D eigenvalue weighted by Gasteiger charge is -2.06. The minimum absolute atomic E-state index is 0. The smallest absolute Gasteiger partial charge is 0.193 e. The van der Waals surface area contributed by atoms with E-state index in [1.165, 1.54) is 5.56 Å². The summed E-state index contributed by atoms with van der Waals surface area (Å²) in [5.74, 6) is 1.14. The van der Waals surface area contributed by atoms with Gasteiger partial charge < -0.3 is 15.8 Å². The van der Waals surface area contributed by atoms with Crippen molar-refractivity contribution < 1.29 is 4.74 Å². The van der Waals surface area contributed by atoms with E-state index in [1.54, 1.807) is 11.8 Å². The first-order valence-electron chi connectivity index (χ1n) is 8.39. The highest BCUT2D eigenvalue weighted by atomic mass is 127. The van der Waals surface area contributed by atoms with Crippen LogP contribution in [0.4, 0.5) is 5.69 Å². The minimum atomic E-state index is 0. The van der Waals surface area contributed by atoms with Gasteiger partial charge in [-0.05, 0) is 48.4 Å². The zero-order valence-electron chi connectivity index (χ0n) is 15.3. The Labute approximate surface area is 175 Å². The molecule has 0 saturated heterocycles. The van der Waals surface area contributed by atoms with E-state index in [0.29, 0.717) is 12.5 Å². The molecule has 8 heteroatoms. The summed E-state index contributed by atoms with van der Waals surface area (Å²) in [6, 6.07) is 15.7. The lowest BCUT2D eigenvalue weighted by molar-refractivity contribution is 0.414.